The smallest absolute Gasteiger partial charge is 0.410 e. The molecule has 10 heteroatoms. The lowest BCUT2D eigenvalue weighted by Crippen LogP contribution is -2.55. The van der Waals surface area contributed by atoms with Crippen LogP contribution in [0.3, 0.4) is 0 Å². The van der Waals surface area contributed by atoms with Gasteiger partial charge in [-0.1, -0.05) is 0 Å². The number of rotatable bonds is 4. The first kappa shape index (κ1) is 23.4. The molecule has 0 aliphatic carbocycles. The van der Waals surface area contributed by atoms with E-state index in [0.29, 0.717) is 32.0 Å². The molecule has 2 aromatic rings. The summed E-state index contributed by atoms with van der Waals surface area (Å²) in [6.45, 7) is 7.42. The van der Waals surface area contributed by atoms with Crippen LogP contribution in [0.15, 0.2) is 23.8 Å². The van der Waals surface area contributed by atoms with Gasteiger partial charge in [-0.05, 0) is 58.9 Å². The molecule has 33 heavy (non-hydrogen) atoms. The van der Waals surface area contributed by atoms with Gasteiger partial charge in [0, 0.05) is 49.0 Å². The Morgan fingerprint density at radius 1 is 1.09 bits per heavy atom. The van der Waals surface area contributed by atoms with Crippen molar-refractivity contribution in [2.75, 3.05) is 25.0 Å². The molecule has 2 aliphatic heterocycles. The normalized spacial score (nSPS) is 19.9. The van der Waals surface area contributed by atoms with Gasteiger partial charge >= 0.3 is 6.09 Å². The molecular formula is C23H32N6O3S. The molecule has 1 N–H and O–H groups in total. The zero-order chi connectivity index (χ0) is 23.4. The summed E-state index contributed by atoms with van der Waals surface area (Å²) in [6.07, 6.45) is 7.30. The molecule has 4 heterocycles. The van der Waals surface area contributed by atoms with E-state index < -0.39 is 17.7 Å². The summed E-state index contributed by atoms with van der Waals surface area (Å²) < 4.78 is 5.56. The second-order valence-electron chi connectivity index (χ2n) is 9.55. The Balaban J connectivity index is 1.36. The molecular weight excluding hydrogens is 440 g/mol. The molecule has 0 saturated carbocycles. The zero-order valence-corrected chi connectivity index (χ0v) is 20.3. The molecule has 4 rings (SSSR count). The van der Waals surface area contributed by atoms with Crippen molar-refractivity contribution in [3.63, 3.8) is 0 Å². The van der Waals surface area contributed by atoms with Gasteiger partial charge in [-0.2, -0.15) is 0 Å². The number of amides is 2. The van der Waals surface area contributed by atoms with E-state index in [0.717, 1.165) is 36.5 Å². The van der Waals surface area contributed by atoms with E-state index in [4.69, 9.17) is 4.74 Å². The van der Waals surface area contributed by atoms with Crippen LogP contribution in [0.2, 0.25) is 0 Å². The maximum Gasteiger partial charge on any atom is 0.410 e. The molecule has 0 spiro atoms. The van der Waals surface area contributed by atoms with Crippen molar-refractivity contribution in [3.8, 4) is 0 Å². The molecule has 0 radical (unpaired) electrons. The number of carbonyl (C=O) groups is 2. The number of nitrogens with one attached hydrogen (secondary N) is 1. The fourth-order valence-corrected chi connectivity index (χ4v) is 4.90. The van der Waals surface area contributed by atoms with Crippen molar-refractivity contribution in [2.45, 2.75) is 70.4 Å². The highest BCUT2D eigenvalue weighted by Gasteiger charge is 2.38. The van der Waals surface area contributed by atoms with Crippen LogP contribution in [0.5, 0.6) is 0 Å². The van der Waals surface area contributed by atoms with Gasteiger partial charge in [0.25, 0.3) is 0 Å². The van der Waals surface area contributed by atoms with Gasteiger partial charge < -0.3 is 15.0 Å². The van der Waals surface area contributed by atoms with E-state index in [2.05, 4.69) is 20.3 Å². The highest BCUT2D eigenvalue weighted by Crippen LogP contribution is 2.29. The number of likely N-dealkylation sites (tertiary alicyclic amines) is 2. The van der Waals surface area contributed by atoms with Crippen molar-refractivity contribution in [1.29, 1.82) is 0 Å². The van der Waals surface area contributed by atoms with Crippen molar-refractivity contribution in [2.24, 2.45) is 0 Å². The number of carbonyl (C=O) groups excluding carboxylic acids is 2. The van der Waals surface area contributed by atoms with Crippen LogP contribution < -0.4 is 5.32 Å². The van der Waals surface area contributed by atoms with Gasteiger partial charge in [-0.25, -0.2) is 19.7 Å². The number of aromatic nitrogens is 3. The lowest BCUT2D eigenvalue weighted by atomic mass is 9.92. The van der Waals surface area contributed by atoms with E-state index in [9.17, 15) is 9.59 Å². The highest BCUT2D eigenvalue weighted by molar-refractivity contribution is 7.13. The molecule has 178 valence electrons. The Kier molecular flexibility index (Phi) is 7.11. The van der Waals surface area contributed by atoms with E-state index in [1.165, 1.54) is 11.3 Å². The molecule has 1 unspecified atom stereocenters. The molecule has 2 aliphatic rings. The zero-order valence-electron chi connectivity index (χ0n) is 19.5. The lowest BCUT2D eigenvalue weighted by molar-refractivity contribution is -0.139. The van der Waals surface area contributed by atoms with Crippen LogP contribution in [-0.4, -0.2) is 68.0 Å². The second kappa shape index (κ2) is 10.0. The third kappa shape index (κ3) is 5.98. The SMILES string of the molecule is CC(C)(C)OC(=O)N1CCCCC1C(=O)N1CCC(c2ccnc(Nc3nccs3)n2)CC1. The minimum Gasteiger partial charge on any atom is -0.444 e. The Morgan fingerprint density at radius 3 is 2.58 bits per heavy atom. The van der Waals surface area contributed by atoms with Crippen molar-refractivity contribution in [3.05, 3.63) is 29.5 Å². The quantitative estimate of drug-likeness (QED) is 0.713. The summed E-state index contributed by atoms with van der Waals surface area (Å²) in [7, 11) is 0. The number of piperidine rings is 2. The van der Waals surface area contributed by atoms with E-state index in [1.807, 2.05) is 37.1 Å². The predicted molar refractivity (Wildman–Crippen MR) is 127 cm³/mol. The summed E-state index contributed by atoms with van der Waals surface area (Å²) in [6, 6.07) is 1.51. The summed E-state index contributed by atoms with van der Waals surface area (Å²) >= 11 is 1.50. The molecule has 2 amide bonds. The van der Waals surface area contributed by atoms with E-state index in [1.54, 1.807) is 17.3 Å². The van der Waals surface area contributed by atoms with E-state index in [-0.39, 0.29) is 11.8 Å². The largest absolute Gasteiger partial charge is 0.444 e. The van der Waals surface area contributed by atoms with Crippen LogP contribution in [0.4, 0.5) is 15.9 Å². The van der Waals surface area contributed by atoms with Gasteiger partial charge in [-0.3, -0.25) is 9.69 Å². The van der Waals surface area contributed by atoms with Crippen LogP contribution in [-0.2, 0) is 9.53 Å². The Morgan fingerprint density at radius 2 is 1.88 bits per heavy atom. The monoisotopic (exact) mass is 472 g/mol. The fraction of sp³-hybridized carbons (Fsp3) is 0.609. The minimum absolute atomic E-state index is 0.0350. The molecule has 2 saturated heterocycles. The average molecular weight is 473 g/mol. The molecule has 2 fully saturated rings. The first-order valence-electron chi connectivity index (χ1n) is 11.6. The first-order chi connectivity index (χ1) is 15.8. The van der Waals surface area contributed by atoms with Gasteiger partial charge in [0.2, 0.25) is 11.9 Å². The van der Waals surface area contributed by atoms with Gasteiger partial charge in [-0.15, -0.1) is 11.3 Å². The number of ether oxygens (including phenoxy) is 1. The van der Waals surface area contributed by atoms with Gasteiger partial charge in [0.1, 0.15) is 11.6 Å². The standard InChI is InChI=1S/C23H32N6O3S/c1-23(2,3)32-22(31)29-12-5-4-6-18(29)19(30)28-13-8-16(9-14-28)17-7-10-24-20(26-17)27-21-25-11-15-33-21/h7,10-11,15-16,18H,4-6,8-9,12-14H2,1-3H3,(H,24,25,26,27). The fourth-order valence-electron chi connectivity index (χ4n) is 4.37. The topological polar surface area (TPSA) is 101 Å². The number of hydrogen-bond donors (Lipinski definition) is 1. The predicted octanol–water partition coefficient (Wildman–Crippen LogP) is 4.17. The Bertz CT molecular complexity index is 953. The maximum absolute atomic E-state index is 13.3. The summed E-state index contributed by atoms with van der Waals surface area (Å²) in [5.74, 6) is 0.839. The number of anilines is 2. The third-order valence-corrected chi connectivity index (χ3v) is 6.66. The summed E-state index contributed by atoms with van der Waals surface area (Å²) in [5.41, 5.74) is 0.398. The maximum atomic E-state index is 13.3. The lowest BCUT2D eigenvalue weighted by Gasteiger charge is -2.40. The molecule has 1 atom stereocenters. The van der Waals surface area contributed by atoms with E-state index >= 15 is 0 Å². The number of nitrogens with zero attached hydrogens (tertiary/aromatic N) is 5. The highest BCUT2D eigenvalue weighted by atomic mass is 32.1. The summed E-state index contributed by atoms with van der Waals surface area (Å²) in [4.78, 5) is 42.8. The molecule has 0 bridgehead atoms. The average Bonchev–Trinajstić information content (AvgIpc) is 3.31. The van der Waals surface area contributed by atoms with Crippen molar-refractivity contribution >= 4 is 34.4 Å². The molecule has 2 aromatic heterocycles. The Labute approximate surface area is 198 Å². The van der Waals surface area contributed by atoms with Crippen LogP contribution in [0.1, 0.15) is 64.5 Å². The van der Waals surface area contributed by atoms with Gasteiger partial charge in [0.15, 0.2) is 5.13 Å². The van der Waals surface area contributed by atoms with Gasteiger partial charge in [0.05, 0.1) is 0 Å². The molecule has 9 nitrogen and oxygen atoms in total. The first-order valence-corrected chi connectivity index (χ1v) is 12.5. The Hall–Kier alpha value is -2.75. The minimum atomic E-state index is -0.578. The van der Waals surface area contributed by atoms with Crippen molar-refractivity contribution in [1.82, 2.24) is 24.8 Å². The number of thiazole rings is 1. The molecule has 0 aromatic carbocycles. The van der Waals surface area contributed by atoms with Crippen LogP contribution >= 0.6 is 11.3 Å². The number of hydrogen-bond acceptors (Lipinski definition) is 8. The van der Waals surface area contributed by atoms with Crippen LogP contribution in [0, 0.1) is 0 Å². The third-order valence-electron chi connectivity index (χ3n) is 5.97. The van der Waals surface area contributed by atoms with Crippen molar-refractivity contribution < 1.29 is 14.3 Å². The van der Waals surface area contributed by atoms with Crippen LogP contribution in [0.25, 0.3) is 0 Å². The summed E-state index contributed by atoms with van der Waals surface area (Å²) in [5, 5.41) is 5.79. The second-order valence-corrected chi connectivity index (χ2v) is 10.4.